The van der Waals surface area contributed by atoms with Crippen molar-refractivity contribution in [2.45, 2.75) is 69.7 Å². The number of rotatable bonds is 1. The molecule has 0 unspecified atom stereocenters. The first kappa shape index (κ1) is 13.7. The molecule has 3 heteroatoms. The van der Waals surface area contributed by atoms with Gasteiger partial charge in [-0.05, 0) is 44.6 Å². The molecule has 0 aromatic rings. The molecule has 2 aliphatic heterocycles. The van der Waals surface area contributed by atoms with Gasteiger partial charge in [0.2, 0.25) is 5.79 Å². The minimum Gasteiger partial charge on any atom is -0.420 e. The summed E-state index contributed by atoms with van der Waals surface area (Å²) in [5.41, 5.74) is -0.0834. The maximum Gasteiger partial charge on any atom is 0.387 e. The average molecular weight is 274 g/mol. The molecular formula is C17H22O3. The molecule has 2 bridgehead atoms. The summed E-state index contributed by atoms with van der Waals surface area (Å²) in [5, 5.41) is 0. The molecule has 0 N–H and O–H groups in total. The highest BCUT2D eigenvalue weighted by atomic mass is 16.7. The molecule has 3 nitrogen and oxygen atoms in total. The van der Waals surface area contributed by atoms with Crippen LogP contribution in [0.5, 0.6) is 0 Å². The van der Waals surface area contributed by atoms with Crippen LogP contribution in [-0.4, -0.2) is 17.4 Å². The van der Waals surface area contributed by atoms with Crippen molar-refractivity contribution in [2.24, 2.45) is 5.92 Å². The Hall–Kier alpha value is -1.27. The molecule has 20 heavy (non-hydrogen) atoms. The van der Waals surface area contributed by atoms with E-state index in [4.69, 9.17) is 9.47 Å². The molecule has 1 saturated carbocycles. The van der Waals surface area contributed by atoms with Crippen LogP contribution >= 0.6 is 0 Å². The van der Waals surface area contributed by atoms with Gasteiger partial charge in [0.05, 0.1) is 5.60 Å². The first-order chi connectivity index (χ1) is 9.68. The first-order valence-corrected chi connectivity index (χ1v) is 7.72. The summed E-state index contributed by atoms with van der Waals surface area (Å²) < 4.78 is 12.0. The summed E-state index contributed by atoms with van der Waals surface area (Å²) in [6, 6.07) is 0. The van der Waals surface area contributed by atoms with Crippen LogP contribution in [0.25, 0.3) is 0 Å². The van der Waals surface area contributed by atoms with Gasteiger partial charge in [0.25, 0.3) is 0 Å². The van der Waals surface area contributed by atoms with Crippen LogP contribution < -0.4 is 0 Å². The predicted octanol–water partition coefficient (Wildman–Crippen LogP) is 3.34. The Labute approximate surface area is 120 Å². The van der Waals surface area contributed by atoms with E-state index < -0.39 is 11.8 Å². The summed E-state index contributed by atoms with van der Waals surface area (Å²) in [4.78, 5) is 11.8. The summed E-state index contributed by atoms with van der Waals surface area (Å²) in [7, 11) is 0. The lowest BCUT2D eigenvalue weighted by Crippen LogP contribution is -2.38. The number of fused-ring (bicyclic) bond motifs is 1. The van der Waals surface area contributed by atoms with Crippen molar-refractivity contribution in [2.75, 3.05) is 0 Å². The topological polar surface area (TPSA) is 35.5 Å². The van der Waals surface area contributed by atoms with Crippen molar-refractivity contribution in [1.29, 1.82) is 0 Å². The SMILES string of the molecule is CC#CC(=O)O[C@]12C=CCC[C@@]3(CCCCC[C@H]3C1)O2. The van der Waals surface area contributed by atoms with Crippen LogP contribution in [0.2, 0.25) is 0 Å². The second kappa shape index (κ2) is 5.26. The number of esters is 1. The zero-order valence-corrected chi connectivity index (χ0v) is 12.1. The number of hydrogen-bond acceptors (Lipinski definition) is 3. The molecule has 1 aliphatic carbocycles. The van der Waals surface area contributed by atoms with E-state index in [-0.39, 0.29) is 5.60 Å². The number of ether oxygens (including phenoxy) is 2. The van der Waals surface area contributed by atoms with Crippen molar-refractivity contribution in [1.82, 2.24) is 0 Å². The van der Waals surface area contributed by atoms with E-state index in [2.05, 4.69) is 17.9 Å². The van der Waals surface area contributed by atoms with Crippen molar-refractivity contribution >= 4 is 5.97 Å². The summed E-state index contributed by atoms with van der Waals surface area (Å²) >= 11 is 0. The highest BCUT2D eigenvalue weighted by molar-refractivity contribution is 5.88. The zero-order chi connectivity index (χ0) is 14.1. The first-order valence-electron chi connectivity index (χ1n) is 7.72. The Morgan fingerprint density at radius 2 is 2.25 bits per heavy atom. The fourth-order valence-electron chi connectivity index (χ4n) is 4.06. The fourth-order valence-corrected chi connectivity index (χ4v) is 4.06. The third-order valence-electron chi connectivity index (χ3n) is 4.90. The van der Waals surface area contributed by atoms with Crippen molar-refractivity contribution in [3.8, 4) is 11.8 Å². The average Bonchev–Trinajstić information content (AvgIpc) is 2.55. The van der Waals surface area contributed by atoms with Crippen LogP contribution in [0.4, 0.5) is 0 Å². The van der Waals surface area contributed by atoms with Gasteiger partial charge in [0.15, 0.2) is 0 Å². The van der Waals surface area contributed by atoms with E-state index in [0.717, 1.165) is 25.7 Å². The highest BCUT2D eigenvalue weighted by Crippen LogP contribution is 2.53. The number of allylic oxidation sites excluding steroid dienone is 1. The smallest absolute Gasteiger partial charge is 0.387 e. The van der Waals surface area contributed by atoms with Gasteiger partial charge in [0.1, 0.15) is 0 Å². The van der Waals surface area contributed by atoms with Crippen LogP contribution in [0.15, 0.2) is 12.2 Å². The second-order valence-electron chi connectivity index (χ2n) is 6.18. The largest absolute Gasteiger partial charge is 0.420 e. The lowest BCUT2D eigenvalue weighted by molar-refractivity contribution is -0.219. The van der Waals surface area contributed by atoms with Crippen molar-refractivity contribution in [3.05, 3.63) is 12.2 Å². The molecule has 0 aromatic carbocycles. The van der Waals surface area contributed by atoms with Crippen LogP contribution in [0.3, 0.4) is 0 Å². The van der Waals surface area contributed by atoms with Gasteiger partial charge in [-0.3, -0.25) is 0 Å². The predicted molar refractivity (Wildman–Crippen MR) is 75.7 cm³/mol. The standard InChI is InChI=1S/C17H22O3/c1-2-8-15(18)19-17-12-7-6-11-16(20-17)10-5-3-4-9-14(16)13-17/h7,12,14H,3-6,9-11,13H2,1H3/t14-,16+,17-/m0/s1. The van der Waals surface area contributed by atoms with E-state index >= 15 is 0 Å². The lowest BCUT2D eigenvalue weighted by atomic mass is 9.78. The molecule has 3 atom stereocenters. The maximum absolute atomic E-state index is 11.8. The Bertz CT molecular complexity index is 484. The van der Waals surface area contributed by atoms with E-state index in [1.807, 2.05) is 6.08 Å². The molecule has 108 valence electrons. The minimum atomic E-state index is -0.862. The Morgan fingerprint density at radius 3 is 3.10 bits per heavy atom. The van der Waals surface area contributed by atoms with Gasteiger partial charge in [-0.25, -0.2) is 4.79 Å². The molecule has 3 aliphatic rings. The molecule has 2 heterocycles. The second-order valence-corrected chi connectivity index (χ2v) is 6.18. The van der Waals surface area contributed by atoms with Gasteiger partial charge in [-0.15, -0.1) is 0 Å². The van der Waals surface area contributed by atoms with Gasteiger partial charge in [0, 0.05) is 12.3 Å². The van der Waals surface area contributed by atoms with Crippen LogP contribution in [0, 0.1) is 17.8 Å². The molecule has 0 amide bonds. The van der Waals surface area contributed by atoms with Gasteiger partial charge in [-0.2, -0.15) is 0 Å². The summed E-state index contributed by atoms with van der Waals surface area (Å²) in [6.07, 6.45) is 13.0. The molecule has 2 fully saturated rings. The van der Waals surface area contributed by atoms with E-state index in [1.165, 1.54) is 25.7 Å². The number of hydrogen-bond donors (Lipinski definition) is 0. The quantitative estimate of drug-likeness (QED) is 0.318. The monoisotopic (exact) mass is 274 g/mol. The molecular weight excluding hydrogens is 252 g/mol. The molecule has 0 radical (unpaired) electrons. The van der Waals surface area contributed by atoms with E-state index in [1.54, 1.807) is 6.92 Å². The van der Waals surface area contributed by atoms with E-state index in [0.29, 0.717) is 5.92 Å². The zero-order valence-electron chi connectivity index (χ0n) is 12.1. The van der Waals surface area contributed by atoms with E-state index in [9.17, 15) is 4.79 Å². The van der Waals surface area contributed by atoms with Gasteiger partial charge < -0.3 is 9.47 Å². The Balaban J connectivity index is 1.87. The summed E-state index contributed by atoms with van der Waals surface area (Å²) in [5.74, 6) is 4.22. The van der Waals surface area contributed by atoms with Gasteiger partial charge in [-0.1, -0.05) is 31.3 Å². The van der Waals surface area contributed by atoms with Crippen molar-refractivity contribution < 1.29 is 14.3 Å². The molecule has 0 aromatic heterocycles. The summed E-state index contributed by atoms with van der Waals surface area (Å²) in [6.45, 7) is 1.64. The number of carbonyl (C=O) groups is 1. The van der Waals surface area contributed by atoms with Gasteiger partial charge >= 0.3 is 5.97 Å². The maximum atomic E-state index is 11.8. The molecule has 1 spiro atoms. The van der Waals surface area contributed by atoms with Crippen molar-refractivity contribution in [3.63, 3.8) is 0 Å². The normalized spacial score (nSPS) is 39.0. The lowest BCUT2D eigenvalue weighted by Gasteiger charge is -2.33. The third-order valence-corrected chi connectivity index (χ3v) is 4.90. The van der Waals surface area contributed by atoms with Crippen LogP contribution in [0.1, 0.15) is 58.3 Å². The number of carbonyl (C=O) groups excluding carboxylic acids is 1. The molecule has 3 rings (SSSR count). The highest BCUT2D eigenvalue weighted by Gasteiger charge is 2.57. The fraction of sp³-hybridized carbons (Fsp3) is 0.706. The minimum absolute atomic E-state index is 0.0834. The third kappa shape index (κ3) is 2.38. The Morgan fingerprint density at radius 1 is 1.35 bits per heavy atom. The molecule has 1 saturated heterocycles. The Kier molecular flexibility index (Phi) is 3.60. The van der Waals surface area contributed by atoms with Crippen LogP contribution in [-0.2, 0) is 14.3 Å².